The molecule has 27 heavy (non-hydrogen) atoms. The van der Waals surface area contributed by atoms with E-state index in [2.05, 4.69) is 5.32 Å². The van der Waals surface area contributed by atoms with Gasteiger partial charge in [-0.2, -0.15) is 0 Å². The number of carbonyl (C=O) groups is 2. The van der Waals surface area contributed by atoms with Crippen LogP contribution in [0.4, 0.5) is 4.39 Å². The number of hydrogen-bond donors (Lipinski definition) is 1. The lowest BCUT2D eigenvalue weighted by molar-refractivity contribution is -0.124. The molecular formula is C21H17ClFNO3. The predicted octanol–water partition coefficient (Wildman–Crippen LogP) is 4.67. The van der Waals surface area contributed by atoms with Gasteiger partial charge in [-0.05, 0) is 41.5 Å². The minimum atomic E-state index is -0.784. The average Bonchev–Trinajstić information content (AvgIpc) is 2.65. The summed E-state index contributed by atoms with van der Waals surface area (Å²) in [5.41, 5.74) is 0.974. The summed E-state index contributed by atoms with van der Waals surface area (Å²) in [6.07, 6.45) is 0. The second-order valence-corrected chi connectivity index (χ2v) is 6.47. The van der Waals surface area contributed by atoms with E-state index < -0.39 is 24.3 Å². The third kappa shape index (κ3) is 4.44. The van der Waals surface area contributed by atoms with Crippen LogP contribution < -0.4 is 5.32 Å². The number of carbonyl (C=O) groups excluding carboxylic acids is 2. The van der Waals surface area contributed by atoms with Gasteiger partial charge in [0.05, 0.1) is 16.6 Å². The molecule has 0 aliphatic carbocycles. The van der Waals surface area contributed by atoms with Gasteiger partial charge in [0.1, 0.15) is 5.82 Å². The molecule has 3 rings (SSSR count). The number of fused-ring (bicyclic) bond motifs is 1. The minimum Gasteiger partial charge on any atom is -0.452 e. The summed E-state index contributed by atoms with van der Waals surface area (Å²) >= 11 is 5.82. The maximum Gasteiger partial charge on any atom is 0.340 e. The lowest BCUT2D eigenvalue weighted by Crippen LogP contribution is -2.31. The first-order chi connectivity index (χ1) is 13.0. The van der Waals surface area contributed by atoms with Crippen molar-refractivity contribution in [3.63, 3.8) is 0 Å². The van der Waals surface area contributed by atoms with Crippen LogP contribution in [0.1, 0.15) is 28.9 Å². The third-order valence-electron chi connectivity index (χ3n) is 4.15. The van der Waals surface area contributed by atoms with Crippen LogP contribution in [-0.2, 0) is 9.53 Å². The van der Waals surface area contributed by atoms with Gasteiger partial charge in [0.2, 0.25) is 0 Å². The van der Waals surface area contributed by atoms with Gasteiger partial charge in [0.15, 0.2) is 6.61 Å². The summed E-state index contributed by atoms with van der Waals surface area (Å²) in [6.45, 7) is 1.40. The second kappa shape index (κ2) is 8.18. The Bertz CT molecular complexity index is 1000. The van der Waals surface area contributed by atoms with E-state index in [1.165, 1.54) is 6.07 Å². The monoisotopic (exact) mass is 385 g/mol. The van der Waals surface area contributed by atoms with E-state index in [1.54, 1.807) is 0 Å². The molecular weight excluding hydrogens is 369 g/mol. The largest absolute Gasteiger partial charge is 0.452 e. The quantitative estimate of drug-likeness (QED) is 0.649. The molecule has 0 heterocycles. The lowest BCUT2D eigenvalue weighted by atomic mass is 10.00. The first-order valence-electron chi connectivity index (χ1n) is 8.35. The SMILES string of the molecule is C[C@H](NC(=O)COC(=O)c1ccc(F)cc1Cl)c1cccc2ccccc12. The summed E-state index contributed by atoms with van der Waals surface area (Å²) < 4.78 is 18.0. The number of amides is 1. The Hall–Kier alpha value is -2.92. The zero-order chi connectivity index (χ0) is 19.4. The zero-order valence-corrected chi connectivity index (χ0v) is 15.3. The highest BCUT2D eigenvalue weighted by molar-refractivity contribution is 6.33. The van der Waals surface area contributed by atoms with Crippen molar-refractivity contribution in [2.45, 2.75) is 13.0 Å². The number of halogens is 2. The van der Waals surface area contributed by atoms with Crippen molar-refractivity contribution in [3.8, 4) is 0 Å². The van der Waals surface area contributed by atoms with Gasteiger partial charge in [-0.25, -0.2) is 9.18 Å². The molecule has 1 N–H and O–H groups in total. The molecule has 6 heteroatoms. The van der Waals surface area contributed by atoms with E-state index in [-0.39, 0.29) is 16.6 Å². The standard InChI is InChI=1S/C21H17ClFNO3/c1-13(16-8-4-6-14-5-2-3-7-17(14)16)24-20(25)12-27-21(26)18-10-9-15(23)11-19(18)22/h2-11,13H,12H2,1H3,(H,24,25)/t13-/m0/s1. The van der Waals surface area contributed by atoms with E-state index in [9.17, 15) is 14.0 Å². The normalized spacial score (nSPS) is 11.8. The maximum atomic E-state index is 13.0. The molecule has 0 saturated heterocycles. The van der Waals surface area contributed by atoms with Gasteiger partial charge in [-0.1, -0.05) is 54.1 Å². The van der Waals surface area contributed by atoms with Crippen molar-refractivity contribution in [2.24, 2.45) is 0 Å². The Labute approximate surface area is 160 Å². The number of benzene rings is 3. The summed E-state index contributed by atoms with van der Waals surface area (Å²) in [6, 6.07) is 16.8. The lowest BCUT2D eigenvalue weighted by Gasteiger charge is -2.16. The van der Waals surface area contributed by atoms with E-state index in [4.69, 9.17) is 16.3 Å². The van der Waals surface area contributed by atoms with E-state index in [0.29, 0.717) is 0 Å². The molecule has 3 aromatic rings. The van der Waals surface area contributed by atoms with Crippen LogP contribution in [0, 0.1) is 5.82 Å². The average molecular weight is 386 g/mol. The summed E-state index contributed by atoms with van der Waals surface area (Å²) in [4.78, 5) is 24.2. The Kier molecular flexibility index (Phi) is 5.72. The fraction of sp³-hybridized carbons (Fsp3) is 0.143. The Morgan fingerprint density at radius 1 is 1.11 bits per heavy atom. The number of nitrogens with one attached hydrogen (secondary N) is 1. The second-order valence-electron chi connectivity index (χ2n) is 6.06. The zero-order valence-electron chi connectivity index (χ0n) is 14.5. The molecule has 0 spiro atoms. The van der Waals surface area contributed by atoms with Gasteiger partial charge < -0.3 is 10.1 Å². The maximum absolute atomic E-state index is 13.0. The van der Waals surface area contributed by atoms with Crippen LogP contribution in [0.2, 0.25) is 5.02 Å². The number of ether oxygens (including phenoxy) is 1. The van der Waals surface area contributed by atoms with Crippen molar-refractivity contribution in [1.29, 1.82) is 0 Å². The smallest absolute Gasteiger partial charge is 0.340 e. The topological polar surface area (TPSA) is 55.4 Å². The van der Waals surface area contributed by atoms with Crippen LogP contribution >= 0.6 is 11.6 Å². The molecule has 3 aromatic carbocycles. The predicted molar refractivity (Wildman–Crippen MR) is 102 cm³/mol. The Morgan fingerprint density at radius 3 is 2.63 bits per heavy atom. The molecule has 0 fully saturated rings. The molecule has 1 amide bonds. The molecule has 0 bridgehead atoms. The molecule has 1 atom stereocenters. The summed E-state index contributed by atoms with van der Waals surface area (Å²) in [5.74, 6) is -1.78. The highest BCUT2D eigenvalue weighted by atomic mass is 35.5. The minimum absolute atomic E-state index is 0.00738. The van der Waals surface area contributed by atoms with E-state index in [0.717, 1.165) is 28.5 Å². The molecule has 0 aliphatic heterocycles. The fourth-order valence-corrected chi connectivity index (χ4v) is 3.10. The van der Waals surface area contributed by atoms with Crippen LogP contribution in [0.25, 0.3) is 10.8 Å². The molecule has 0 saturated carbocycles. The van der Waals surface area contributed by atoms with Crippen molar-refractivity contribution in [2.75, 3.05) is 6.61 Å². The molecule has 0 aliphatic rings. The summed E-state index contributed by atoms with van der Waals surface area (Å²) in [7, 11) is 0. The van der Waals surface area contributed by atoms with Gasteiger partial charge in [0.25, 0.3) is 5.91 Å². The fourth-order valence-electron chi connectivity index (χ4n) is 2.85. The summed E-state index contributed by atoms with van der Waals surface area (Å²) in [5, 5.41) is 4.87. The molecule has 0 radical (unpaired) electrons. The van der Waals surface area contributed by atoms with Crippen LogP contribution in [0.15, 0.2) is 60.7 Å². The van der Waals surface area contributed by atoms with Crippen molar-refractivity contribution < 1.29 is 18.7 Å². The van der Waals surface area contributed by atoms with E-state index in [1.807, 2.05) is 49.4 Å². The van der Waals surface area contributed by atoms with Crippen molar-refractivity contribution in [1.82, 2.24) is 5.32 Å². The van der Waals surface area contributed by atoms with Crippen LogP contribution in [-0.4, -0.2) is 18.5 Å². The number of esters is 1. The third-order valence-corrected chi connectivity index (χ3v) is 4.47. The van der Waals surface area contributed by atoms with Crippen LogP contribution in [0.3, 0.4) is 0 Å². The van der Waals surface area contributed by atoms with Crippen molar-refractivity contribution >= 4 is 34.2 Å². The van der Waals surface area contributed by atoms with Crippen LogP contribution in [0.5, 0.6) is 0 Å². The van der Waals surface area contributed by atoms with Gasteiger partial charge in [-0.15, -0.1) is 0 Å². The Morgan fingerprint density at radius 2 is 1.85 bits per heavy atom. The molecule has 4 nitrogen and oxygen atoms in total. The van der Waals surface area contributed by atoms with E-state index >= 15 is 0 Å². The number of hydrogen-bond acceptors (Lipinski definition) is 3. The van der Waals surface area contributed by atoms with Gasteiger partial charge in [-0.3, -0.25) is 4.79 Å². The molecule has 0 unspecified atom stereocenters. The first kappa shape index (κ1) is 18.9. The first-order valence-corrected chi connectivity index (χ1v) is 8.72. The highest BCUT2D eigenvalue weighted by Crippen LogP contribution is 2.24. The van der Waals surface area contributed by atoms with Gasteiger partial charge >= 0.3 is 5.97 Å². The van der Waals surface area contributed by atoms with Gasteiger partial charge in [0, 0.05) is 0 Å². The molecule has 0 aromatic heterocycles. The molecule has 138 valence electrons. The number of rotatable bonds is 5. The highest BCUT2D eigenvalue weighted by Gasteiger charge is 2.16. The Balaban J connectivity index is 1.62. The van der Waals surface area contributed by atoms with Crippen molar-refractivity contribution in [3.05, 3.63) is 82.6 Å².